The maximum absolute atomic E-state index is 12.6. The fourth-order valence-electron chi connectivity index (χ4n) is 2.61. The van der Waals surface area contributed by atoms with Crippen LogP contribution in [0.3, 0.4) is 0 Å². The molecule has 0 saturated heterocycles. The van der Waals surface area contributed by atoms with Crippen molar-refractivity contribution in [1.29, 1.82) is 0 Å². The highest BCUT2D eigenvalue weighted by Gasteiger charge is 2.22. The van der Waals surface area contributed by atoms with Gasteiger partial charge >= 0.3 is 0 Å². The first-order valence-corrected chi connectivity index (χ1v) is 9.38. The molecule has 1 N–H and O–H groups in total. The summed E-state index contributed by atoms with van der Waals surface area (Å²) in [6.45, 7) is 6.03. The van der Waals surface area contributed by atoms with Crippen molar-refractivity contribution in [2.75, 3.05) is 4.72 Å². The summed E-state index contributed by atoms with van der Waals surface area (Å²) in [6, 6.07) is 7.85. The van der Waals surface area contributed by atoms with Gasteiger partial charge in [-0.2, -0.15) is 0 Å². The number of aromatic nitrogens is 2. The van der Waals surface area contributed by atoms with Crippen LogP contribution in [0.15, 0.2) is 41.6 Å². The molecule has 1 aliphatic carbocycles. The lowest BCUT2D eigenvalue weighted by Gasteiger charge is -2.18. The number of nitrogens with one attached hydrogen (secondary N) is 1. The van der Waals surface area contributed by atoms with Gasteiger partial charge in [-0.3, -0.25) is 4.72 Å². The Balaban J connectivity index is 1.84. The van der Waals surface area contributed by atoms with E-state index in [1.807, 2.05) is 45.0 Å². The van der Waals surface area contributed by atoms with Crippen molar-refractivity contribution in [1.82, 2.24) is 9.97 Å². The average Bonchev–Trinajstić information content (AvgIpc) is 2.53. The standard InChI is InChI=1S/C18H21N3O2S/c1-18(2,3)17-19-11-15(12-20-17)21-24(22,23)16-9-8-13-6-4-5-7-14(13)10-16/h4-7,10-12,21H,8-9H2,1-3H3. The minimum Gasteiger partial charge on any atom is -0.277 e. The molecule has 6 heteroatoms. The number of sulfonamides is 1. The molecule has 0 fully saturated rings. The Bertz CT molecular complexity index is 879. The second-order valence-corrected chi connectivity index (χ2v) is 8.70. The fraction of sp³-hybridized carbons (Fsp3) is 0.333. The summed E-state index contributed by atoms with van der Waals surface area (Å²) >= 11 is 0. The topological polar surface area (TPSA) is 72.0 Å². The molecule has 1 aromatic carbocycles. The highest BCUT2D eigenvalue weighted by molar-refractivity contribution is 7.96. The third-order valence-electron chi connectivity index (χ3n) is 3.93. The smallest absolute Gasteiger partial charge is 0.258 e. The zero-order chi connectivity index (χ0) is 17.4. The molecule has 24 heavy (non-hydrogen) atoms. The quantitative estimate of drug-likeness (QED) is 0.926. The monoisotopic (exact) mass is 343 g/mol. The van der Waals surface area contributed by atoms with Crippen molar-refractivity contribution in [2.24, 2.45) is 0 Å². The number of anilines is 1. The molecular formula is C18H21N3O2S. The summed E-state index contributed by atoms with van der Waals surface area (Å²) in [4.78, 5) is 8.91. The van der Waals surface area contributed by atoms with Gasteiger partial charge in [-0.15, -0.1) is 0 Å². The number of fused-ring (bicyclic) bond motifs is 1. The van der Waals surface area contributed by atoms with Crippen LogP contribution in [0, 0.1) is 0 Å². The van der Waals surface area contributed by atoms with E-state index in [9.17, 15) is 8.42 Å². The lowest BCUT2D eigenvalue weighted by Crippen LogP contribution is -2.19. The zero-order valence-corrected chi connectivity index (χ0v) is 14.9. The Hall–Kier alpha value is -2.21. The molecule has 1 heterocycles. The van der Waals surface area contributed by atoms with Crippen molar-refractivity contribution in [3.05, 3.63) is 58.5 Å². The summed E-state index contributed by atoms with van der Waals surface area (Å²) < 4.78 is 27.8. The molecule has 5 nitrogen and oxygen atoms in total. The lowest BCUT2D eigenvalue weighted by atomic mass is 9.96. The first-order chi connectivity index (χ1) is 11.3. The van der Waals surface area contributed by atoms with Crippen LogP contribution in [-0.4, -0.2) is 18.4 Å². The van der Waals surface area contributed by atoms with Crippen LogP contribution < -0.4 is 4.72 Å². The van der Waals surface area contributed by atoms with E-state index in [2.05, 4.69) is 14.7 Å². The van der Waals surface area contributed by atoms with Crippen molar-refractivity contribution in [3.63, 3.8) is 0 Å². The van der Waals surface area contributed by atoms with E-state index in [0.717, 1.165) is 12.0 Å². The maximum Gasteiger partial charge on any atom is 0.258 e. The predicted octanol–water partition coefficient (Wildman–Crippen LogP) is 3.50. The van der Waals surface area contributed by atoms with Gasteiger partial charge in [-0.05, 0) is 30.0 Å². The highest BCUT2D eigenvalue weighted by atomic mass is 32.2. The van der Waals surface area contributed by atoms with Gasteiger partial charge in [0.25, 0.3) is 10.0 Å². The van der Waals surface area contributed by atoms with Gasteiger partial charge in [-0.1, -0.05) is 45.0 Å². The largest absolute Gasteiger partial charge is 0.277 e. The van der Waals surface area contributed by atoms with E-state index in [1.54, 1.807) is 6.08 Å². The Morgan fingerprint density at radius 2 is 1.71 bits per heavy atom. The third-order valence-corrected chi connectivity index (χ3v) is 5.45. The summed E-state index contributed by atoms with van der Waals surface area (Å²) in [5, 5.41) is 0. The second kappa shape index (κ2) is 6.02. The minimum atomic E-state index is -3.60. The second-order valence-electron chi connectivity index (χ2n) is 6.96. The van der Waals surface area contributed by atoms with Gasteiger partial charge in [-0.25, -0.2) is 18.4 Å². The van der Waals surface area contributed by atoms with Crippen molar-refractivity contribution in [3.8, 4) is 0 Å². The molecule has 0 atom stereocenters. The molecule has 0 amide bonds. The van der Waals surface area contributed by atoms with Crippen molar-refractivity contribution < 1.29 is 8.42 Å². The van der Waals surface area contributed by atoms with Gasteiger partial charge in [0.2, 0.25) is 0 Å². The Morgan fingerprint density at radius 3 is 2.38 bits per heavy atom. The molecule has 0 spiro atoms. The predicted molar refractivity (Wildman–Crippen MR) is 96.0 cm³/mol. The van der Waals surface area contributed by atoms with E-state index in [4.69, 9.17) is 0 Å². The van der Waals surface area contributed by atoms with Crippen LogP contribution >= 0.6 is 0 Å². The third kappa shape index (κ3) is 3.48. The molecule has 1 aliphatic rings. The van der Waals surface area contributed by atoms with Crippen LogP contribution in [-0.2, 0) is 21.9 Å². The summed E-state index contributed by atoms with van der Waals surface area (Å²) in [5.41, 5.74) is 2.34. The molecule has 3 rings (SSSR count). The van der Waals surface area contributed by atoms with Gasteiger partial charge in [0.15, 0.2) is 0 Å². The molecule has 126 valence electrons. The van der Waals surface area contributed by atoms with Gasteiger partial charge in [0.1, 0.15) is 5.82 Å². The van der Waals surface area contributed by atoms with Crippen LogP contribution in [0.25, 0.3) is 6.08 Å². The Morgan fingerprint density at radius 1 is 1.04 bits per heavy atom. The van der Waals surface area contributed by atoms with Crippen LogP contribution in [0.1, 0.15) is 44.1 Å². The molecule has 0 unspecified atom stereocenters. The fourth-order valence-corrected chi connectivity index (χ4v) is 3.81. The van der Waals surface area contributed by atoms with E-state index in [0.29, 0.717) is 22.8 Å². The van der Waals surface area contributed by atoms with Gasteiger partial charge in [0, 0.05) is 5.41 Å². The van der Waals surface area contributed by atoms with Gasteiger partial charge in [0.05, 0.1) is 23.0 Å². The lowest BCUT2D eigenvalue weighted by molar-refractivity contribution is 0.545. The van der Waals surface area contributed by atoms with E-state index in [1.165, 1.54) is 18.0 Å². The number of benzene rings is 1. The van der Waals surface area contributed by atoms with E-state index in [-0.39, 0.29) is 5.41 Å². The van der Waals surface area contributed by atoms with Crippen molar-refractivity contribution >= 4 is 21.8 Å². The minimum absolute atomic E-state index is 0.174. The molecule has 0 bridgehead atoms. The van der Waals surface area contributed by atoms with Gasteiger partial charge < -0.3 is 0 Å². The summed E-state index contributed by atoms with van der Waals surface area (Å²) in [5.74, 6) is 0.677. The zero-order valence-electron chi connectivity index (χ0n) is 14.1. The number of aryl methyl sites for hydroxylation is 1. The first kappa shape index (κ1) is 16.6. The molecular weight excluding hydrogens is 322 g/mol. The van der Waals surface area contributed by atoms with Crippen molar-refractivity contribution in [2.45, 2.75) is 39.0 Å². The first-order valence-electron chi connectivity index (χ1n) is 7.89. The number of hydrogen-bond acceptors (Lipinski definition) is 4. The Kier molecular flexibility index (Phi) is 4.17. The number of rotatable bonds is 3. The molecule has 0 saturated carbocycles. The summed E-state index contributed by atoms with van der Waals surface area (Å²) in [7, 11) is -3.60. The summed E-state index contributed by atoms with van der Waals surface area (Å²) in [6.07, 6.45) is 5.99. The van der Waals surface area contributed by atoms with E-state index >= 15 is 0 Å². The maximum atomic E-state index is 12.6. The molecule has 1 aromatic heterocycles. The molecule has 0 aliphatic heterocycles. The highest BCUT2D eigenvalue weighted by Crippen LogP contribution is 2.28. The van der Waals surface area contributed by atoms with Crippen LogP contribution in [0.2, 0.25) is 0 Å². The Labute approximate surface area is 142 Å². The van der Waals surface area contributed by atoms with E-state index < -0.39 is 10.0 Å². The van der Waals surface area contributed by atoms with Crippen LogP contribution in [0.4, 0.5) is 5.69 Å². The number of nitrogens with zero attached hydrogens (tertiary/aromatic N) is 2. The number of hydrogen-bond donors (Lipinski definition) is 1. The van der Waals surface area contributed by atoms with Crippen LogP contribution in [0.5, 0.6) is 0 Å². The normalized spacial score (nSPS) is 14.7. The average molecular weight is 343 g/mol. The molecule has 2 aromatic rings. The number of allylic oxidation sites excluding steroid dienone is 1. The molecule has 0 radical (unpaired) electrons. The SMILES string of the molecule is CC(C)(C)c1ncc(NS(=O)(=O)C2=Cc3ccccc3CC2)cn1.